The molecule has 1 unspecified atom stereocenters. The van der Waals surface area contributed by atoms with Gasteiger partial charge in [-0.15, -0.1) is 0 Å². The average Bonchev–Trinajstić information content (AvgIpc) is 2.84. The first-order chi connectivity index (χ1) is 9.51. The summed E-state index contributed by atoms with van der Waals surface area (Å²) in [6, 6.07) is -0.393. The van der Waals surface area contributed by atoms with Crippen LogP contribution in [0.15, 0.2) is 11.4 Å². The molecule has 1 heterocycles. The monoisotopic (exact) mass is 299 g/mol. The van der Waals surface area contributed by atoms with E-state index < -0.39 is 12.0 Å². The molecule has 0 aromatic carbocycles. The van der Waals surface area contributed by atoms with Gasteiger partial charge in [-0.1, -0.05) is 25.6 Å². The second-order valence-corrected chi connectivity index (χ2v) is 5.35. The number of rotatable bonds is 8. The lowest BCUT2D eigenvalue weighted by molar-refractivity contribution is -0.133. The number of carboxylic acid groups (broad SMARTS) is 1. The Labute approximate surface area is 123 Å². The van der Waals surface area contributed by atoms with E-state index in [1.165, 1.54) is 0 Å². The zero-order chi connectivity index (χ0) is 15.1. The second-order valence-electron chi connectivity index (χ2n) is 4.41. The lowest BCUT2D eigenvalue weighted by Crippen LogP contribution is -2.32. The van der Waals surface area contributed by atoms with Crippen LogP contribution in [-0.2, 0) is 16.0 Å². The van der Waals surface area contributed by atoms with Gasteiger partial charge in [-0.25, -0.2) is 4.98 Å². The lowest BCUT2D eigenvalue weighted by Gasteiger charge is -2.18. The summed E-state index contributed by atoms with van der Waals surface area (Å²) in [5.74, 6) is -1.04. The van der Waals surface area contributed by atoms with E-state index in [9.17, 15) is 9.59 Å². The van der Waals surface area contributed by atoms with Gasteiger partial charge in [-0.05, 0) is 19.8 Å². The van der Waals surface area contributed by atoms with Crippen molar-refractivity contribution in [1.29, 1.82) is 0 Å². The number of thioether (sulfide) groups is 1. The molecule has 1 atom stereocenters. The predicted octanol–water partition coefficient (Wildman–Crippen LogP) is 1.71. The Hall–Kier alpha value is -1.50. The SMILES string of the molecule is CCCNC(=O)C(C)n1c(CC)cnc1SCC(=O)O. The molecule has 0 aliphatic carbocycles. The van der Waals surface area contributed by atoms with Crippen LogP contribution in [-0.4, -0.2) is 38.8 Å². The maximum absolute atomic E-state index is 12.1. The van der Waals surface area contributed by atoms with E-state index in [2.05, 4.69) is 10.3 Å². The molecule has 0 spiro atoms. The van der Waals surface area contributed by atoms with Crippen LogP contribution in [0.25, 0.3) is 0 Å². The minimum atomic E-state index is -0.898. The standard InChI is InChI=1S/C13H21N3O3S/c1-4-6-14-12(19)9(3)16-10(5-2)7-15-13(16)20-8-11(17)18/h7,9H,4-6,8H2,1-3H3,(H,14,19)(H,17,18). The normalized spacial score (nSPS) is 12.2. The van der Waals surface area contributed by atoms with Gasteiger partial charge in [0.1, 0.15) is 6.04 Å². The highest BCUT2D eigenvalue weighted by Crippen LogP contribution is 2.23. The van der Waals surface area contributed by atoms with Crippen molar-refractivity contribution in [3.05, 3.63) is 11.9 Å². The molecular weight excluding hydrogens is 278 g/mol. The average molecular weight is 299 g/mol. The number of amides is 1. The van der Waals surface area contributed by atoms with Gasteiger partial charge in [0.05, 0.1) is 5.75 Å². The molecule has 1 aromatic rings. The molecule has 6 nitrogen and oxygen atoms in total. The minimum Gasteiger partial charge on any atom is -0.481 e. The highest BCUT2D eigenvalue weighted by atomic mass is 32.2. The smallest absolute Gasteiger partial charge is 0.313 e. The fraction of sp³-hybridized carbons (Fsp3) is 0.615. The summed E-state index contributed by atoms with van der Waals surface area (Å²) in [6.45, 7) is 6.41. The largest absolute Gasteiger partial charge is 0.481 e. The molecule has 112 valence electrons. The second kappa shape index (κ2) is 7.94. The van der Waals surface area contributed by atoms with Gasteiger partial charge in [0.2, 0.25) is 5.91 Å². The van der Waals surface area contributed by atoms with E-state index >= 15 is 0 Å². The Morgan fingerprint density at radius 1 is 1.50 bits per heavy atom. The maximum atomic E-state index is 12.1. The molecule has 0 radical (unpaired) electrons. The van der Waals surface area contributed by atoms with Crippen molar-refractivity contribution >= 4 is 23.6 Å². The molecule has 0 saturated heterocycles. The van der Waals surface area contributed by atoms with Crippen molar-refractivity contribution in [2.75, 3.05) is 12.3 Å². The fourth-order valence-electron chi connectivity index (χ4n) is 1.80. The van der Waals surface area contributed by atoms with Gasteiger partial charge >= 0.3 is 5.97 Å². The first-order valence-electron chi connectivity index (χ1n) is 6.69. The van der Waals surface area contributed by atoms with Gasteiger partial charge in [-0.3, -0.25) is 9.59 Å². The van der Waals surface area contributed by atoms with E-state index in [1.54, 1.807) is 13.1 Å². The maximum Gasteiger partial charge on any atom is 0.313 e. The minimum absolute atomic E-state index is 0.0660. The van der Waals surface area contributed by atoms with E-state index in [1.807, 2.05) is 18.4 Å². The van der Waals surface area contributed by atoms with E-state index in [0.717, 1.165) is 30.3 Å². The highest BCUT2D eigenvalue weighted by Gasteiger charge is 2.21. The zero-order valence-corrected chi connectivity index (χ0v) is 12.9. The van der Waals surface area contributed by atoms with Crippen molar-refractivity contribution in [2.24, 2.45) is 0 Å². The number of carbonyl (C=O) groups excluding carboxylic acids is 1. The number of carbonyl (C=O) groups is 2. The summed E-state index contributed by atoms with van der Waals surface area (Å²) in [5, 5.41) is 12.2. The van der Waals surface area contributed by atoms with Crippen LogP contribution in [0.4, 0.5) is 0 Å². The molecule has 7 heteroatoms. The van der Waals surface area contributed by atoms with Gasteiger partial charge in [0.25, 0.3) is 0 Å². The first kappa shape index (κ1) is 16.6. The first-order valence-corrected chi connectivity index (χ1v) is 7.68. The Bertz CT molecular complexity index is 473. The third-order valence-corrected chi connectivity index (χ3v) is 3.79. The third-order valence-electron chi connectivity index (χ3n) is 2.84. The Morgan fingerprint density at radius 3 is 2.75 bits per heavy atom. The summed E-state index contributed by atoms with van der Waals surface area (Å²) in [4.78, 5) is 27.0. The molecule has 0 bridgehead atoms. The molecular formula is C13H21N3O3S. The number of imidazole rings is 1. The summed E-state index contributed by atoms with van der Waals surface area (Å²) in [7, 11) is 0. The molecule has 1 amide bonds. The summed E-state index contributed by atoms with van der Waals surface area (Å²) in [5.41, 5.74) is 0.928. The van der Waals surface area contributed by atoms with E-state index in [0.29, 0.717) is 11.7 Å². The number of carboxylic acids is 1. The molecule has 0 fully saturated rings. The lowest BCUT2D eigenvalue weighted by atomic mass is 10.2. The van der Waals surface area contributed by atoms with Crippen molar-refractivity contribution in [2.45, 2.75) is 44.8 Å². The van der Waals surface area contributed by atoms with Crippen LogP contribution in [0, 0.1) is 0 Å². The van der Waals surface area contributed by atoms with E-state index in [-0.39, 0.29) is 11.7 Å². The molecule has 1 rings (SSSR count). The number of hydrogen-bond acceptors (Lipinski definition) is 4. The topological polar surface area (TPSA) is 84.2 Å². The molecule has 2 N–H and O–H groups in total. The third kappa shape index (κ3) is 4.26. The molecule has 0 aliphatic heterocycles. The highest BCUT2D eigenvalue weighted by molar-refractivity contribution is 7.99. The quantitative estimate of drug-likeness (QED) is 0.714. The van der Waals surface area contributed by atoms with Crippen molar-refractivity contribution < 1.29 is 14.7 Å². The van der Waals surface area contributed by atoms with Gasteiger partial charge in [0, 0.05) is 18.4 Å². The van der Waals surface area contributed by atoms with Crippen molar-refractivity contribution in [3.63, 3.8) is 0 Å². The number of nitrogens with zero attached hydrogens (tertiary/aromatic N) is 2. The zero-order valence-electron chi connectivity index (χ0n) is 12.0. The molecule has 0 aliphatic rings. The van der Waals surface area contributed by atoms with Gasteiger partial charge in [-0.2, -0.15) is 0 Å². The number of hydrogen-bond donors (Lipinski definition) is 2. The number of aromatic nitrogens is 2. The Balaban J connectivity index is 2.91. The van der Waals surface area contributed by atoms with Crippen LogP contribution in [0.1, 0.15) is 38.9 Å². The summed E-state index contributed by atoms with van der Waals surface area (Å²) in [6.07, 6.45) is 3.32. The Kier molecular flexibility index (Phi) is 6.57. The number of aryl methyl sites for hydroxylation is 1. The number of nitrogens with one attached hydrogen (secondary N) is 1. The van der Waals surface area contributed by atoms with Crippen LogP contribution in [0.2, 0.25) is 0 Å². The number of aliphatic carboxylic acids is 1. The summed E-state index contributed by atoms with van der Waals surface area (Å²) < 4.78 is 1.82. The van der Waals surface area contributed by atoms with Crippen molar-refractivity contribution in [1.82, 2.24) is 14.9 Å². The van der Waals surface area contributed by atoms with Crippen LogP contribution in [0.3, 0.4) is 0 Å². The van der Waals surface area contributed by atoms with Crippen LogP contribution < -0.4 is 5.32 Å². The molecule has 20 heavy (non-hydrogen) atoms. The molecule has 1 aromatic heterocycles. The van der Waals surface area contributed by atoms with Gasteiger partial charge < -0.3 is 15.0 Å². The van der Waals surface area contributed by atoms with Gasteiger partial charge in [0.15, 0.2) is 5.16 Å². The van der Waals surface area contributed by atoms with Crippen LogP contribution >= 0.6 is 11.8 Å². The van der Waals surface area contributed by atoms with E-state index in [4.69, 9.17) is 5.11 Å². The summed E-state index contributed by atoms with van der Waals surface area (Å²) >= 11 is 1.13. The molecule has 0 saturated carbocycles. The van der Waals surface area contributed by atoms with Crippen LogP contribution in [0.5, 0.6) is 0 Å². The fourth-order valence-corrected chi connectivity index (χ4v) is 2.59. The van der Waals surface area contributed by atoms with Crippen molar-refractivity contribution in [3.8, 4) is 0 Å². The predicted molar refractivity (Wildman–Crippen MR) is 78.0 cm³/mol. The Morgan fingerprint density at radius 2 is 2.20 bits per heavy atom.